The average molecular weight is 570 g/mol. The van der Waals surface area contributed by atoms with E-state index in [4.69, 9.17) is 9.52 Å². The van der Waals surface area contributed by atoms with Crippen LogP contribution in [0.4, 0.5) is 5.69 Å². The monoisotopic (exact) mass is 569 g/mol. The van der Waals surface area contributed by atoms with Crippen molar-refractivity contribution in [1.82, 2.24) is 4.98 Å². The van der Waals surface area contributed by atoms with E-state index in [1.54, 1.807) is 6.20 Å². The van der Waals surface area contributed by atoms with E-state index in [9.17, 15) is 0 Å². The fourth-order valence-corrected chi connectivity index (χ4v) is 5.41. The van der Waals surface area contributed by atoms with Crippen LogP contribution in [-0.4, -0.2) is 10.7 Å². The van der Waals surface area contributed by atoms with Crippen molar-refractivity contribution >= 4 is 29.6 Å². The van der Waals surface area contributed by atoms with Crippen molar-refractivity contribution in [2.45, 2.75) is 12.5 Å². The molecule has 0 bridgehead atoms. The van der Waals surface area contributed by atoms with Crippen molar-refractivity contribution < 1.29 is 4.42 Å². The minimum absolute atomic E-state index is 0.147. The molecule has 0 saturated carbocycles. The zero-order valence-corrected chi connectivity index (χ0v) is 24.2. The topological polar surface area (TPSA) is 41.6 Å². The summed E-state index contributed by atoms with van der Waals surface area (Å²) in [6.45, 7) is 0. The van der Waals surface area contributed by atoms with Gasteiger partial charge in [-0.05, 0) is 52.6 Å². The summed E-state index contributed by atoms with van der Waals surface area (Å²) in [4.78, 5) is 4.52. The molecule has 0 aliphatic carbocycles. The smallest absolute Gasteiger partial charge is 0.226 e. The van der Waals surface area contributed by atoms with E-state index in [-0.39, 0.29) is 6.04 Å². The molecule has 1 aromatic heterocycles. The lowest BCUT2D eigenvalue weighted by atomic mass is 10.0. The Morgan fingerprint density at radius 2 is 1.20 bits per heavy atom. The Kier molecular flexibility index (Phi) is 7.79. The molecule has 0 fully saturated rings. The summed E-state index contributed by atoms with van der Waals surface area (Å²) in [7, 11) is 0. The molecule has 7 rings (SSSR count). The van der Waals surface area contributed by atoms with Gasteiger partial charge in [-0.1, -0.05) is 133 Å². The summed E-state index contributed by atoms with van der Waals surface area (Å²) >= 11 is 0. The van der Waals surface area contributed by atoms with Gasteiger partial charge in [-0.25, -0.2) is 4.98 Å². The Balaban J connectivity index is 1.09. The van der Waals surface area contributed by atoms with Gasteiger partial charge in [-0.3, -0.25) is 5.01 Å². The number of nitrogens with zero attached hydrogens (tertiary/aromatic N) is 3. The maximum atomic E-state index is 6.07. The Morgan fingerprint density at radius 1 is 0.591 bits per heavy atom. The molecule has 6 aromatic rings. The van der Waals surface area contributed by atoms with E-state index in [0.29, 0.717) is 5.89 Å². The standard InChI is InChI=1S/C40H31N3O/c1-4-11-30(12-5-1)21-24-36-28-38(33-14-6-2-7-15-33)43(42-36)37-25-22-31(23-26-37)19-20-32-13-10-18-35(27-32)40-41-29-39(44-40)34-16-8-3-9-17-34/h1-27,29,38H,28H2/b20-19+,24-21+/t38-/m1/s1. The Labute approximate surface area is 258 Å². The lowest BCUT2D eigenvalue weighted by molar-refractivity contribution is 0.589. The Morgan fingerprint density at radius 3 is 1.98 bits per heavy atom. The van der Waals surface area contributed by atoms with E-state index in [0.717, 1.165) is 45.8 Å². The maximum absolute atomic E-state index is 6.07. The Hall–Kier alpha value is -5.74. The van der Waals surface area contributed by atoms with E-state index >= 15 is 0 Å². The van der Waals surface area contributed by atoms with E-state index in [2.05, 4.69) is 125 Å². The van der Waals surface area contributed by atoms with Gasteiger partial charge < -0.3 is 4.42 Å². The maximum Gasteiger partial charge on any atom is 0.226 e. The second-order valence-corrected chi connectivity index (χ2v) is 10.8. The first-order chi connectivity index (χ1) is 21.8. The second kappa shape index (κ2) is 12.6. The highest BCUT2D eigenvalue weighted by Gasteiger charge is 2.28. The van der Waals surface area contributed by atoms with Gasteiger partial charge in [0.2, 0.25) is 5.89 Å². The molecule has 0 N–H and O–H groups in total. The zero-order valence-electron chi connectivity index (χ0n) is 24.2. The van der Waals surface area contributed by atoms with Crippen LogP contribution in [0.3, 0.4) is 0 Å². The first kappa shape index (κ1) is 27.1. The molecule has 1 aliphatic rings. The molecular formula is C40H31N3O. The fraction of sp³-hybridized carbons (Fsp3) is 0.0500. The lowest BCUT2D eigenvalue weighted by Crippen LogP contribution is -2.18. The molecule has 2 heterocycles. The van der Waals surface area contributed by atoms with Crippen LogP contribution < -0.4 is 5.01 Å². The molecule has 4 nitrogen and oxygen atoms in total. The summed E-state index contributed by atoms with van der Waals surface area (Å²) < 4.78 is 6.07. The molecule has 0 saturated heterocycles. The van der Waals surface area contributed by atoms with Crippen molar-refractivity contribution in [3.8, 4) is 22.8 Å². The SMILES string of the molecule is C(=C\c1ccccc1)/C1=NN(c2ccc(/C=C/c3cccc(-c4ncc(-c5ccccc5)o4)c3)cc2)[C@@H](c2ccccc2)C1. The minimum Gasteiger partial charge on any atom is -0.436 e. The number of anilines is 1. The molecular weight excluding hydrogens is 538 g/mol. The number of benzene rings is 5. The summed E-state index contributed by atoms with van der Waals surface area (Å²) in [5.41, 5.74) is 8.71. The largest absolute Gasteiger partial charge is 0.436 e. The van der Waals surface area contributed by atoms with Crippen molar-refractivity contribution in [3.05, 3.63) is 174 Å². The third-order valence-electron chi connectivity index (χ3n) is 7.71. The van der Waals surface area contributed by atoms with Crippen molar-refractivity contribution in [1.29, 1.82) is 0 Å². The molecule has 44 heavy (non-hydrogen) atoms. The van der Waals surface area contributed by atoms with Crippen LogP contribution in [0.2, 0.25) is 0 Å². The molecule has 0 amide bonds. The van der Waals surface area contributed by atoms with Crippen LogP contribution in [-0.2, 0) is 0 Å². The van der Waals surface area contributed by atoms with Gasteiger partial charge in [-0.2, -0.15) is 5.10 Å². The third kappa shape index (κ3) is 6.20. The number of rotatable bonds is 8. The van der Waals surface area contributed by atoms with Crippen LogP contribution in [0, 0.1) is 0 Å². The predicted octanol–water partition coefficient (Wildman–Crippen LogP) is 10.2. The number of hydrazone groups is 1. The molecule has 0 spiro atoms. The number of oxazole rings is 1. The van der Waals surface area contributed by atoms with Gasteiger partial charge in [-0.15, -0.1) is 0 Å². The summed E-state index contributed by atoms with van der Waals surface area (Å²) in [5.74, 6) is 1.37. The van der Waals surface area contributed by atoms with Crippen LogP contribution in [0.25, 0.3) is 41.0 Å². The third-order valence-corrected chi connectivity index (χ3v) is 7.71. The molecule has 0 unspecified atom stereocenters. The minimum atomic E-state index is 0.147. The molecule has 212 valence electrons. The zero-order chi connectivity index (χ0) is 29.6. The molecule has 1 atom stereocenters. The van der Waals surface area contributed by atoms with E-state index in [1.165, 1.54) is 11.1 Å². The van der Waals surface area contributed by atoms with Crippen LogP contribution in [0.5, 0.6) is 0 Å². The van der Waals surface area contributed by atoms with Gasteiger partial charge in [0.15, 0.2) is 5.76 Å². The second-order valence-electron chi connectivity index (χ2n) is 10.8. The Bertz CT molecular complexity index is 1920. The summed E-state index contributed by atoms with van der Waals surface area (Å²) in [5, 5.41) is 7.19. The highest BCUT2D eigenvalue weighted by atomic mass is 16.4. The van der Waals surface area contributed by atoms with Crippen molar-refractivity contribution in [2.24, 2.45) is 5.10 Å². The summed E-state index contributed by atoms with van der Waals surface area (Å²) in [6, 6.07) is 48.0. The van der Waals surface area contributed by atoms with Gasteiger partial charge >= 0.3 is 0 Å². The van der Waals surface area contributed by atoms with Gasteiger partial charge in [0.05, 0.1) is 23.6 Å². The van der Waals surface area contributed by atoms with Crippen LogP contribution in [0.1, 0.15) is 34.7 Å². The first-order valence-corrected chi connectivity index (χ1v) is 14.8. The highest BCUT2D eigenvalue weighted by molar-refractivity contribution is 6.01. The molecule has 0 radical (unpaired) electrons. The highest BCUT2D eigenvalue weighted by Crippen LogP contribution is 2.36. The van der Waals surface area contributed by atoms with Crippen molar-refractivity contribution in [2.75, 3.05) is 5.01 Å². The average Bonchev–Trinajstić information content (AvgIpc) is 3.77. The number of allylic oxidation sites excluding steroid dienone is 1. The molecule has 1 aliphatic heterocycles. The number of hydrogen-bond donors (Lipinski definition) is 0. The number of aromatic nitrogens is 1. The molecule has 5 aromatic carbocycles. The van der Waals surface area contributed by atoms with Crippen molar-refractivity contribution in [3.63, 3.8) is 0 Å². The summed E-state index contributed by atoms with van der Waals surface area (Å²) in [6.07, 6.45) is 11.2. The lowest BCUT2D eigenvalue weighted by Gasteiger charge is -2.24. The quantitative estimate of drug-likeness (QED) is 0.171. The van der Waals surface area contributed by atoms with Gasteiger partial charge in [0, 0.05) is 17.5 Å². The first-order valence-electron chi connectivity index (χ1n) is 14.8. The molecule has 4 heteroatoms. The number of hydrogen-bond acceptors (Lipinski definition) is 4. The van der Waals surface area contributed by atoms with Crippen LogP contribution >= 0.6 is 0 Å². The van der Waals surface area contributed by atoms with Gasteiger partial charge in [0.25, 0.3) is 0 Å². The predicted molar refractivity (Wildman–Crippen MR) is 182 cm³/mol. The van der Waals surface area contributed by atoms with Crippen LogP contribution in [0.15, 0.2) is 161 Å². The van der Waals surface area contributed by atoms with Gasteiger partial charge in [0.1, 0.15) is 0 Å². The van der Waals surface area contributed by atoms with E-state index in [1.807, 2.05) is 48.5 Å². The fourth-order valence-electron chi connectivity index (χ4n) is 5.41. The normalized spacial score (nSPS) is 14.9. The van der Waals surface area contributed by atoms with E-state index < -0.39 is 0 Å².